The van der Waals surface area contributed by atoms with Crippen molar-refractivity contribution in [2.45, 2.75) is 138 Å². The Balaban J connectivity index is 1.14. The van der Waals surface area contributed by atoms with Gasteiger partial charge in [0.2, 0.25) is 27.7 Å². The molecular weight excluding hydrogens is 751 g/mol. The van der Waals surface area contributed by atoms with E-state index in [0.29, 0.717) is 36.4 Å². The molecule has 3 heterocycles. The number of amides is 4. The van der Waals surface area contributed by atoms with Gasteiger partial charge in [-0.1, -0.05) is 43.9 Å². The Labute approximate surface area is 334 Å². The van der Waals surface area contributed by atoms with Crippen molar-refractivity contribution >= 4 is 44.7 Å². The number of ether oxygens (including phenoxy) is 3. The molecule has 2 bridgehead atoms. The van der Waals surface area contributed by atoms with Gasteiger partial charge in [-0.2, -0.15) is 0 Å². The maximum absolute atomic E-state index is 14.9. The first-order valence-corrected chi connectivity index (χ1v) is 22.5. The first-order chi connectivity index (χ1) is 27.5. The lowest BCUT2D eigenvalue weighted by molar-refractivity contribution is -0.142. The molecule has 7 atom stereocenters. The van der Waals surface area contributed by atoms with Crippen LogP contribution in [-0.2, 0) is 35.6 Å². The monoisotopic (exact) mass is 805 g/mol. The number of nitrogens with zero attached hydrogens (tertiary/aromatic N) is 2. The highest BCUT2D eigenvalue weighted by Crippen LogP contribution is 2.46. The summed E-state index contributed by atoms with van der Waals surface area (Å²) >= 11 is 0. The second kappa shape index (κ2) is 16.1. The summed E-state index contributed by atoms with van der Waals surface area (Å²) in [6.45, 7) is 3.83. The number of carbonyl (C=O) groups excluding carboxylic acids is 4. The minimum atomic E-state index is -3.90. The molecule has 0 spiro atoms. The van der Waals surface area contributed by atoms with E-state index < -0.39 is 68.7 Å². The molecule has 0 unspecified atom stereocenters. The number of sulfonamides is 1. The minimum Gasteiger partial charge on any atom is -0.496 e. The van der Waals surface area contributed by atoms with Crippen molar-refractivity contribution in [1.82, 2.24) is 25.2 Å². The number of pyridine rings is 1. The van der Waals surface area contributed by atoms with Gasteiger partial charge >= 0.3 is 6.09 Å². The van der Waals surface area contributed by atoms with Gasteiger partial charge in [0.15, 0.2) is 0 Å². The number of carbonyl (C=O) groups is 4. The zero-order valence-corrected chi connectivity index (χ0v) is 33.5. The number of rotatable bonds is 8. The maximum atomic E-state index is 14.9. The van der Waals surface area contributed by atoms with Gasteiger partial charge in [-0.15, -0.1) is 6.58 Å². The van der Waals surface area contributed by atoms with Crippen LogP contribution in [0.15, 0.2) is 36.9 Å². The molecule has 14 nitrogen and oxygen atoms in total. The Morgan fingerprint density at radius 1 is 0.982 bits per heavy atom. The number of alkyl carbamates (subject to hydrolysis) is 1. The third-order valence-electron chi connectivity index (χ3n) is 13.2. The van der Waals surface area contributed by atoms with E-state index >= 15 is 0 Å². The quantitative estimate of drug-likeness (QED) is 0.313. The third kappa shape index (κ3) is 8.05. The van der Waals surface area contributed by atoms with Crippen LogP contribution in [-0.4, -0.2) is 90.9 Å². The lowest BCUT2D eigenvalue weighted by Crippen LogP contribution is -2.59. The smallest absolute Gasteiger partial charge is 0.408 e. The highest BCUT2D eigenvalue weighted by atomic mass is 32.2. The molecule has 1 aromatic heterocycles. The first-order valence-electron chi connectivity index (χ1n) is 20.9. The summed E-state index contributed by atoms with van der Waals surface area (Å²) in [6, 6.07) is 5.65. The molecule has 308 valence electrons. The minimum absolute atomic E-state index is 0.0119. The summed E-state index contributed by atoms with van der Waals surface area (Å²) in [6.07, 6.45) is 11.5. The predicted molar refractivity (Wildman–Crippen MR) is 211 cm³/mol. The number of benzene rings is 1. The average molecular weight is 806 g/mol. The summed E-state index contributed by atoms with van der Waals surface area (Å²) in [7, 11) is -2.26. The van der Waals surface area contributed by atoms with Crippen molar-refractivity contribution in [2.75, 3.05) is 13.7 Å². The SMILES string of the molecule is C=C[C@@H]1C[C@]1(NC(=O)[C@@H]1C[C@@H]2CN1C(=O)[C@H](C1CCCC1)NC(=O)O[C@@H]1CCC[C@H]1CCCCCc1c(nc3ccccc3c1OC)O2)C(=O)NS(=O)(=O)C1CC1. The van der Waals surface area contributed by atoms with Crippen molar-refractivity contribution in [3.8, 4) is 11.6 Å². The topological polar surface area (TPSA) is 182 Å². The Bertz CT molecular complexity index is 2020. The summed E-state index contributed by atoms with van der Waals surface area (Å²) in [5, 5.41) is 6.06. The summed E-state index contributed by atoms with van der Waals surface area (Å²) < 4.78 is 46.6. The number of fused-ring (bicyclic) bond motifs is 5. The lowest BCUT2D eigenvalue weighted by atomic mass is 9.96. The predicted octanol–water partition coefficient (Wildman–Crippen LogP) is 4.83. The van der Waals surface area contributed by atoms with Gasteiger partial charge in [0, 0.05) is 17.7 Å². The van der Waals surface area contributed by atoms with Crippen LogP contribution in [0.4, 0.5) is 4.79 Å². The largest absolute Gasteiger partial charge is 0.496 e. The van der Waals surface area contributed by atoms with Crippen molar-refractivity contribution < 1.29 is 41.8 Å². The molecule has 3 N–H and O–H groups in total. The Kier molecular flexibility index (Phi) is 11.1. The average Bonchev–Trinajstić information content (AvgIpc) is 3.98. The standard InChI is InChI=1S/C42H55N5O9S/c1-3-27-23-42(27,40(50)46-57(52,53)29-20-21-29)45-37(48)33-22-28-24-47(33)39(49)35(26-13-7-8-14-26)44-41(51)56-34-19-11-15-25(34)12-5-4-6-17-31-36(54-2)30-16-9-10-18-32(30)43-38(31)55-28/h3,9-10,16,18,25-29,33-35H,1,4-8,11-15,17,19-24H2,2H3,(H,44,51)(H,45,48)(H,46,50)/t25-,27-,28-,33+,34-,35+,42-/m1/s1. The molecule has 15 heteroatoms. The zero-order chi connectivity index (χ0) is 39.9. The van der Waals surface area contributed by atoms with Gasteiger partial charge < -0.3 is 29.7 Å². The highest BCUT2D eigenvalue weighted by Gasteiger charge is 2.62. The van der Waals surface area contributed by atoms with Gasteiger partial charge in [-0.05, 0) is 94.6 Å². The maximum Gasteiger partial charge on any atom is 0.408 e. The normalized spacial score (nSPS) is 31.1. The Morgan fingerprint density at radius 3 is 2.46 bits per heavy atom. The third-order valence-corrected chi connectivity index (χ3v) is 15.1. The zero-order valence-electron chi connectivity index (χ0n) is 32.7. The second-order valence-corrected chi connectivity index (χ2v) is 19.0. The van der Waals surface area contributed by atoms with Gasteiger partial charge in [0.1, 0.15) is 35.6 Å². The number of hydrogen-bond donors (Lipinski definition) is 3. The van der Waals surface area contributed by atoms with Crippen LogP contribution >= 0.6 is 0 Å². The Morgan fingerprint density at radius 2 is 1.72 bits per heavy atom. The summed E-state index contributed by atoms with van der Waals surface area (Å²) in [5.74, 6) is -1.22. The van der Waals surface area contributed by atoms with E-state index in [0.717, 1.165) is 81.6 Å². The molecule has 0 radical (unpaired) electrons. The van der Waals surface area contributed by atoms with Gasteiger partial charge in [-0.3, -0.25) is 19.1 Å². The summed E-state index contributed by atoms with van der Waals surface area (Å²) in [5.41, 5.74) is -0.0306. The van der Waals surface area contributed by atoms with E-state index in [1.54, 1.807) is 7.11 Å². The van der Waals surface area contributed by atoms with Crippen molar-refractivity contribution in [3.63, 3.8) is 0 Å². The molecule has 57 heavy (non-hydrogen) atoms. The molecule has 4 aliphatic carbocycles. The molecule has 6 aliphatic rings. The molecular formula is C42H55N5O9S. The van der Waals surface area contributed by atoms with Gasteiger partial charge in [0.25, 0.3) is 5.91 Å². The van der Waals surface area contributed by atoms with Crippen LogP contribution in [0.3, 0.4) is 0 Å². The molecule has 4 saturated carbocycles. The van der Waals surface area contributed by atoms with Crippen molar-refractivity contribution in [2.24, 2.45) is 17.8 Å². The highest BCUT2D eigenvalue weighted by molar-refractivity contribution is 7.91. The fourth-order valence-electron chi connectivity index (χ4n) is 9.83. The van der Waals surface area contributed by atoms with Gasteiger partial charge in [0.05, 0.1) is 30.0 Å². The van der Waals surface area contributed by atoms with Crippen LogP contribution in [0, 0.1) is 17.8 Å². The number of nitrogens with one attached hydrogen (secondary N) is 3. The number of para-hydroxylation sites is 1. The molecule has 8 rings (SSSR count). The number of hydrogen-bond acceptors (Lipinski definition) is 10. The second-order valence-electron chi connectivity index (χ2n) is 17.0. The summed E-state index contributed by atoms with van der Waals surface area (Å²) in [4.78, 5) is 63.1. The van der Waals surface area contributed by atoms with Crippen LogP contribution in [0.5, 0.6) is 11.6 Å². The fourth-order valence-corrected chi connectivity index (χ4v) is 11.2. The van der Waals surface area contributed by atoms with E-state index in [1.807, 2.05) is 24.3 Å². The van der Waals surface area contributed by atoms with Crippen molar-refractivity contribution in [1.29, 1.82) is 0 Å². The van der Waals surface area contributed by atoms with Crippen molar-refractivity contribution in [3.05, 3.63) is 42.5 Å². The first kappa shape index (κ1) is 39.4. The Hall–Kier alpha value is -4.40. The van der Waals surface area contributed by atoms with E-state index in [9.17, 15) is 27.6 Å². The van der Waals surface area contributed by atoms with Crippen LogP contribution in [0.1, 0.15) is 102 Å². The molecule has 1 saturated heterocycles. The van der Waals surface area contributed by atoms with Crippen LogP contribution in [0.25, 0.3) is 10.9 Å². The van der Waals surface area contributed by atoms with E-state index in [1.165, 1.54) is 11.0 Å². The molecule has 5 fully saturated rings. The van der Waals surface area contributed by atoms with Crippen LogP contribution in [0.2, 0.25) is 0 Å². The lowest BCUT2D eigenvalue weighted by Gasteiger charge is -2.32. The fraction of sp³-hybridized carbons (Fsp3) is 0.643. The van der Waals surface area contributed by atoms with E-state index in [-0.39, 0.29) is 37.3 Å². The number of methoxy groups -OCH3 is 1. The van der Waals surface area contributed by atoms with E-state index in [4.69, 9.17) is 19.2 Å². The van der Waals surface area contributed by atoms with Gasteiger partial charge in [-0.25, -0.2) is 18.2 Å². The van der Waals surface area contributed by atoms with E-state index in [2.05, 4.69) is 21.9 Å². The molecule has 4 amide bonds. The number of aromatic nitrogens is 1. The molecule has 2 aromatic rings. The molecule has 1 aromatic carbocycles. The molecule has 2 aliphatic heterocycles. The van der Waals surface area contributed by atoms with Crippen LogP contribution < -0.4 is 24.8 Å².